The Kier molecular flexibility index (Phi) is 8.53. The molecule has 144 valence electrons. The molecule has 2 aromatic rings. The molecule has 1 saturated carbocycles. The van der Waals surface area contributed by atoms with E-state index in [9.17, 15) is 4.79 Å². The summed E-state index contributed by atoms with van der Waals surface area (Å²) in [4.78, 5) is 16.8. The number of anilines is 1. The summed E-state index contributed by atoms with van der Waals surface area (Å²) in [5, 5.41) is 10.0. The maximum atomic E-state index is 12.4. The monoisotopic (exact) mass is 399 g/mol. The molecule has 8 heteroatoms. The van der Waals surface area contributed by atoms with Crippen molar-refractivity contribution in [1.29, 1.82) is 0 Å². The van der Waals surface area contributed by atoms with Crippen LogP contribution in [-0.4, -0.2) is 27.1 Å². The van der Waals surface area contributed by atoms with Crippen LogP contribution >= 0.6 is 24.8 Å². The number of pyridine rings is 1. The molecule has 0 aliphatic heterocycles. The van der Waals surface area contributed by atoms with Gasteiger partial charge in [-0.25, -0.2) is 0 Å². The van der Waals surface area contributed by atoms with Gasteiger partial charge in [-0.3, -0.25) is 14.9 Å². The van der Waals surface area contributed by atoms with Crippen molar-refractivity contribution in [2.45, 2.75) is 52.0 Å². The van der Waals surface area contributed by atoms with Crippen molar-refractivity contribution >= 4 is 36.4 Å². The summed E-state index contributed by atoms with van der Waals surface area (Å²) in [7, 11) is 0. The van der Waals surface area contributed by atoms with E-state index < -0.39 is 6.04 Å². The van der Waals surface area contributed by atoms with Crippen molar-refractivity contribution in [2.75, 3.05) is 5.32 Å². The van der Waals surface area contributed by atoms with Crippen molar-refractivity contribution in [2.24, 2.45) is 11.7 Å². The fourth-order valence-corrected chi connectivity index (χ4v) is 3.48. The van der Waals surface area contributed by atoms with Crippen LogP contribution in [0.25, 0.3) is 11.3 Å². The molecule has 1 fully saturated rings. The highest BCUT2D eigenvalue weighted by Gasteiger charge is 2.26. The number of aromatic nitrogens is 3. The van der Waals surface area contributed by atoms with Crippen molar-refractivity contribution in [1.82, 2.24) is 15.2 Å². The number of aromatic amines is 1. The highest BCUT2D eigenvalue weighted by Crippen LogP contribution is 2.27. The van der Waals surface area contributed by atoms with Gasteiger partial charge in [0.15, 0.2) is 0 Å². The molecule has 2 aromatic heterocycles. The Morgan fingerprint density at radius 2 is 1.92 bits per heavy atom. The number of hydrogen-bond donors (Lipinski definition) is 3. The van der Waals surface area contributed by atoms with Crippen LogP contribution in [-0.2, 0) is 4.79 Å². The minimum absolute atomic E-state index is 0. The second-order valence-corrected chi connectivity index (χ2v) is 6.65. The third-order valence-corrected chi connectivity index (χ3v) is 4.88. The van der Waals surface area contributed by atoms with Crippen LogP contribution in [0.4, 0.5) is 5.69 Å². The lowest BCUT2D eigenvalue weighted by atomic mass is 9.84. The van der Waals surface area contributed by atoms with E-state index in [4.69, 9.17) is 5.73 Å². The van der Waals surface area contributed by atoms with Crippen LogP contribution < -0.4 is 11.1 Å². The molecule has 0 saturated heterocycles. The number of amides is 1. The van der Waals surface area contributed by atoms with Crippen molar-refractivity contribution in [3.8, 4) is 11.3 Å². The zero-order valence-corrected chi connectivity index (χ0v) is 16.8. The van der Waals surface area contributed by atoms with Crippen molar-refractivity contribution in [3.63, 3.8) is 0 Å². The van der Waals surface area contributed by atoms with Gasteiger partial charge < -0.3 is 11.1 Å². The van der Waals surface area contributed by atoms with Crippen LogP contribution in [0.3, 0.4) is 0 Å². The molecule has 1 aliphatic carbocycles. The predicted octanol–water partition coefficient (Wildman–Crippen LogP) is 3.78. The van der Waals surface area contributed by atoms with Crippen LogP contribution in [0.2, 0.25) is 0 Å². The van der Waals surface area contributed by atoms with E-state index in [1.807, 2.05) is 26.0 Å². The highest BCUT2D eigenvalue weighted by atomic mass is 35.5. The molecule has 0 unspecified atom stereocenters. The fraction of sp³-hybridized carbons (Fsp3) is 0.500. The topological polar surface area (TPSA) is 96.7 Å². The molecule has 3 rings (SSSR count). The second kappa shape index (κ2) is 9.90. The van der Waals surface area contributed by atoms with Crippen molar-refractivity contribution in [3.05, 3.63) is 29.7 Å². The van der Waals surface area contributed by atoms with Gasteiger partial charge in [0.25, 0.3) is 0 Å². The third-order valence-electron chi connectivity index (χ3n) is 4.88. The summed E-state index contributed by atoms with van der Waals surface area (Å²) in [6, 6.07) is 3.31. The van der Waals surface area contributed by atoms with Gasteiger partial charge in [0.2, 0.25) is 5.91 Å². The minimum Gasteiger partial charge on any atom is -0.323 e. The Morgan fingerprint density at radius 1 is 1.23 bits per heavy atom. The highest BCUT2D eigenvalue weighted by molar-refractivity contribution is 5.94. The first-order chi connectivity index (χ1) is 11.6. The number of hydrogen-bond acceptors (Lipinski definition) is 4. The quantitative estimate of drug-likeness (QED) is 0.728. The van der Waals surface area contributed by atoms with Crippen LogP contribution in [0.1, 0.15) is 43.5 Å². The van der Waals surface area contributed by atoms with E-state index in [-0.39, 0.29) is 30.7 Å². The lowest BCUT2D eigenvalue weighted by molar-refractivity contribution is -0.118. The van der Waals surface area contributed by atoms with Gasteiger partial charge in [-0.05, 0) is 44.7 Å². The first-order valence-corrected chi connectivity index (χ1v) is 8.60. The molecular formula is C18H27Cl2N5O. The number of halogens is 2. The molecule has 1 atom stereocenters. The summed E-state index contributed by atoms with van der Waals surface area (Å²) in [5.41, 5.74) is 10.6. The van der Waals surface area contributed by atoms with Gasteiger partial charge in [-0.2, -0.15) is 5.10 Å². The molecule has 2 heterocycles. The molecule has 4 N–H and O–H groups in total. The summed E-state index contributed by atoms with van der Waals surface area (Å²) >= 11 is 0. The number of H-pyrrole nitrogens is 1. The standard InChI is InChI=1S/C18H25N5O.2ClH/c1-11-16(12(2)23-22-11)15-9-8-14(10-20-15)21-18(24)17(19)13-6-4-3-5-7-13;;/h8-10,13,17H,3-7,19H2,1-2H3,(H,21,24)(H,22,23);2*1H/t17-;;/m0../s1. The molecule has 0 bridgehead atoms. The van der Waals surface area contributed by atoms with Crippen LogP contribution in [0.15, 0.2) is 18.3 Å². The summed E-state index contributed by atoms with van der Waals surface area (Å²) in [5.74, 6) is 0.175. The Bertz CT molecular complexity index is 691. The third kappa shape index (κ3) is 4.96. The lowest BCUT2D eigenvalue weighted by Crippen LogP contribution is -2.42. The smallest absolute Gasteiger partial charge is 0.241 e. The van der Waals surface area contributed by atoms with Crippen LogP contribution in [0.5, 0.6) is 0 Å². The maximum absolute atomic E-state index is 12.4. The molecular weight excluding hydrogens is 373 g/mol. The number of carbonyl (C=O) groups excluding carboxylic acids is 1. The molecule has 0 spiro atoms. The largest absolute Gasteiger partial charge is 0.323 e. The number of aryl methyl sites for hydroxylation is 2. The molecule has 1 amide bonds. The van der Waals surface area contributed by atoms with E-state index in [0.29, 0.717) is 11.6 Å². The molecule has 26 heavy (non-hydrogen) atoms. The summed E-state index contributed by atoms with van der Waals surface area (Å²) in [6.07, 6.45) is 7.36. The number of nitrogens with one attached hydrogen (secondary N) is 2. The minimum atomic E-state index is -0.441. The molecule has 1 aliphatic rings. The van der Waals surface area contributed by atoms with E-state index in [0.717, 1.165) is 35.5 Å². The second-order valence-electron chi connectivity index (χ2n) is 6.65. The Hall–Kier alpha value is -1.63. The zero-order chi connectivity index (χ0) is 17.1. The Labute approximate surface area is 166 Å². The van der Waals surface area contributed by atoms with E-state index in [2.05, 4.69) is 20.5 Å². The van der Waals surface area contributed by atoms with Gasteiger partial charge in [0.1, 0.15) is 0 Å². The van der Waals surface area contributed by atoms with Crippen molar-refractivity contribution < 1.29 is 4.79 Å². The number of rotatable bonds is 4. The number of nitrogens with zero attached hydrogens (tertiary/aromatic N) is 2. The summed E-state index contributed by atoms with van der Waals surface area (Å²) < 4.78 is 0. The SMILES string of the molecule is Cc1n[nH]c(C)c1-c1ccc(NC(=O)[C@@H](N)C2CCCCC2)cn1.Cl.Cl. The number of nitrogens with two attached hydrogens (primary N) is 1. The Morgan fingerprint density at radius 3 is 2.46 bits per heavy atom. The predicted molar refractivity (Wildman–Crippen MR) is 109 cm³/mol. The molecule has 0 aromatic carbocycles. The molecule has 0 radical (unpaired) electrons. The first-order valence-electron chi connectivity index (χ1n) is 8.60. The average Bonchev–Trinajstić information content (AvgIpc) is 2.94. The maximum Gasteiger partial charge on any atom is 0.241 e. The van der Waals surface area contributed by atoms with Crippen LogP contribution in [0, 0.1) is 19.8 Å². The fourth-order valence-electron chi connectivity index (χ4n) is 3.48. The van der Waals surface area contributed by atoms with Gasteiger partial charge in [-0.1, -0.05) is 19.3 Å². The molecule has 6 nitrogen and oxygen atoms in total. The lowest BCUT2D eigenvalue weighted by Gasteiger charge is -2.26. The van der Waals surface area contributed by atoms with Gasteiger partial charge in [0, 0.05) is 11.3 Å². The van der Waals surface area contributed by atoms with Gasteiger partial charge >= 0.3 is 0 Å². The van der Waals surface area contributed by atoms with Gasteiger partial charge in [-0.15, -0.1) is 24.8 Å². The Balaban J connectivity index is 0.00000169. The number of carbonyl (C=O) groups is 1. The average molecular weight is 400 g/mol. The first kappa shape index (κ1) is 22.4. The van der Waals surface area contributed by atoms with E-state index in [1.165, 1.54) is 19.3 Å². The van der Waals surface area contributed by atoms with E-state index >= 15 is 0 Å². The zero-order valence-electron chi connectivity index (χ0n) is 15.1. The normalized spacial score (nSPS) is 15.5. The van der Waals surface area contributed by atoms with Gasteiger partial charge in [0.05, 0.1) is 29.3 Å². The van der Waals surface area contributed by atoms with E-state index in [1.54, 1.807) is 6.20 Å². The summed E-state index contributed by atoms with van der Waals surface area (Å²) in [6.45, 7) is 3.91.